The molecule has 2 aromatic heterocycles. The number of halogens is 1. The van der Waals surface area contributed by atoms with E-state index in [0.29, 0.717) is 47.4 Å². The standard InChI is InChI=1S/C29H28FN9O2/c1-18-34-13-19(14-35-18)15-40-24-10-21(30)11-25(12-24)41-23-4-2-20(3-5-23)27(32)26-28(33)36-17-37-29(26)38-22-6-8-39(16-31)9-7-22/h2-5,10-14,17,22,32H,6-9,15H2,1H3,(H3,33,36,37,38). The minimum Gasteiger partial charge on any atom is -0.489 e. The number of rotatable bonds is 9. The number of nitrogens with two attached hydrogens (primary N) is 1. The summed E-state index contributed by atoms with van der Waals surface area (Å²) in [6.45, 7) is 3.29. The Morgan fingerprint density at radius 3 is 2.49 bits per heavy atom. The van der Waals surface area contributed by atoms with Crippen LogP contribution >= 0.6 is 0 Å². The maximum absolute atomic E-state index is 14.3. The lowest BCUT2D eigenvalue weighted by Crippen LogP contribution is -2.37. The number of nitriles is 1. The molecule has 4 aromatic rings. The summed E-state index contributed by atoms with van der Waals surface area (Å²) >= 11 is 0. The molecule has 5 rings (SSSR count). The molecule has 0 bridgehead atoms. The number of nitrogen functional groups attached to an aromatic ring is 1. The number of anilines is 2. The van der Waals surface area contributed by atoms with Gasteiger partial charge in [0.2, 0.25) is 0 Å². The van der Waals surface area contributed by atoms with Crippen molar-refractivity contribution in [3.63, 3.8) is 0 Å². The second-order valence-electron chi connectivity index (χ2n) is 9.54. The van der Waals surface area contributed by atoms with Crippen molar-refractivity contribution in [2.75, 3.05) is 24.1 Å². The molecule has 41 heavy (non-hydrogen) atoms. The van der Waals surface area contributed by atoms with Gasteiger partial charge in [0.05, 0.1) is 11.3 Å². The topological polar surface area (TPSA) is 159 Å². The molecule has 2 aromatic carbocycles. The monoisotopic (exact) mass is 553 g/mol. The van der Waals surface area contributed by atoms with E-state index in [4.69, 9.17) is 25.9 Å². The van der Waals surface area contributed by atoms with Crippen molar-refractivity contribution in [3.05, 3.63) is 89.5 Å². The summed E-state index contributed by atoms with van der Waals surface area (Å²) in [6, 6.07) is 11.0. The first-order valence-corrected chi connectivity index (χ1v) is 13.0. The van der Waals surface area contributed by atoms with Gasteiger partial charge in [0, 0.05) is 60.9 Å². The van der Waals surface area contributed by atoms with E-state index in [-0.39, 0.29) is 29.9 Å². The fraction of sp³-hybridized carbons (Fsp3) is 0.241. The van der Waals surface area contributed by atoms with Gasteiger partial charge in [0.25, 0.3) is 0 Å². The van der Waals surface area contributed by atoms with Crippen molar-refractivity contribution < 1.29 is 13.9 Å². The summed E-state index contributed by atoms with van der Waals surface area (Å²) in [5, 5.41) is 21.3. The van der Waals surface area contributed by atoms with Crippen LogP contribution in [0.3, 0.4) is 0 Å². The first kappa shape index (κ1) is 27.3. The van der Waals surface area contributed by atoms with Gasteiger partial charge in [-0.25, -0.2) is 24.3 Å². The predicted octanol–water partition coefficient (Wildman–Crippen LogP) is 4.44. The molecular formula is C29H28FN9O2. The third-order valence-corrected chi connectivity index (χ3v) is 6.57. The minimum absolute atomic E-state index is 0.0987. The molecule has 1 fully saturated rings. The molecule has 1 saturated heterocycles. The molecule has 12 heteroatoms. The summed E-state index contributed by atoms with van der Waals surface area (Å²) < 4.78 is 25.9. The van der Waals surface area contributed by atoms with Crippen LogP contribution in [0.2, 0.25) is 0 Å². The van der Waals surface area contributed by atoms with E-state index < -0.39 is 5.82 Å². The van der Waals surface area contributed by atoms with E-state index in [0.717, 1.165) is 18.4 Å². The quantitative estimate of drug-likeness (QED) is 0.200. The van der Waals surface area contributed by atoms with Gasteiger partial charge in [0.1, 0.15) is 53.5 Å². The van der Waals surface area contributed by atoms with Crippen molar-refractivity contribution in [3.8, 4) is 23.4 Å². The maximum Gasteiger partial charge on any atom is 0.179 e. The van der Waals surface area contributed by atoms with Crippen LogP contribution in [0.1, 0.15) is 35.4 Å². The molecule has 0 radical (unpaired) electrons. The van der Waals surface area contributed by atoms with Crippen molar-refractivity contribution in [2.24, 2.45) is 0 Å². The lowest BCUT2D eigenvalue weighted by atomic mass is 10.0. The maximum atomic E-state index is 14.3. The highest BCUT2D eigenvalue weighted by atomic mass is 19.1. The van der Waals surface area contributed by atoms with Crippen LogP contribution in [0.5, 0.6) is 17.2 Å². The predicted molar refractivity (Wildman–Crippen MR) is 150 cm³/mol. The number of hydrogen-bond donors (Lipinski definition) is 3. The second-order valence-corrected chi connectivity index (χ2v) is 9.54. The smallest absolute Gasteiger partial charge is 0.179 e. The summed E-state index contributed by atoms with van der Waals surface area (Å²) in [5.41, 5.74) is 8.05. The number of ether oxygens (including phenoxy) is 2. The Bertz CT molecular complexity index is 1570. The Kier molecular flexibility index (Phi) is 8.15. The minimum atomic E-state index is -0.506. The molecule has 1 aliphatic heterocycles. The lowest BCUT2D eigenvalue weighted by molar-refractivity contribution is 0.301. The SMILES string of the molecule is Cc1ncc(COc2cc(F)cc(Oc3ccc(C(=N)c4c(N)ncnc4NC4CCN(C#N)CC4)cc3)c2)cn1. The van der Waals surface area contributed by atoms with Crippen molar-refractivity contribution in [1.29, 1.82) is 10.7 Å². The van der Waals surface area contributed by atoms with Crippen LogP contribution in [-0.4, -0.2) is 49.7 Å². The highest BCUT2D eigenvalue weighted by molar-refractivity contribution is 6.16. The van der Waals surface area contributed by atoms with Gasteiger partial charge in [-0.05, 0) is 44.0 Å². The van der Waals surface area contributed by atoms with Gasteiger partial charge in [-0.3, -0.25) is 5.41 Å². The van der Waals surface area contributed by atoms with Crippen molar-refractivity contribution in [1.82, 2.24) is 24.8 Å². The Hall–Kier alpha value is -5.31. The van der Waals surface area contributed by atoms with Gasteiger partial charge in [-0.1, -0.05) is 0 Å². The summed E-state index contributed by atoms with van der Waals surface area (Å²) in [7, 11) is 0. The van der Waals surface area contributed by atoms with Gasteiger partial charge in [-0.2, -0.15) is 5.26 Å². The number of benzene rings is 2. The number of hydrogen-bond acceptors (Lipinski definition) is 11. The molecule has 208 valence electrons. The summed E-state index contributed by atoms with van der Waals surface area (Å²) in [6.07, 6.45) is 8.39. The first-order valence-electron chi connectivity index (χ1n) is 13.0. The van der Waals surface area contributed by atoms with Gasteiger partial charge in [-0.15, -0.1) is 0 Å². The fourth-order valence-electron chi connectivity index (χ4n) is 4.38. The third kappa shape index (κ3) is 6.83. The van der Waals surface area contributed by atoms with E-state index in [2.05, 4.69) is 31.4 Å². The van der Waals surface area contributed by atoms with E-state index in [1.807, 2.05) is 0 Å². The number of likely N-dealkylation sites (tertiary alicyclic amines) is 1. The molecule has 4 N–H and O–H groups in total. The number of aromatic nitrogens is 4. The van der Waals surface area contributed by atoms with E-state index in [9.17, 15) is 4.39 Å². The summed E-state index contributed by atoms with van der Waals surface area (Å²) in [5.74, 6) is 1.82. The van der Waals surface area contributed by atoms with Crippen molar-refractivity contribution >= 4 is 17.3 Å². The zero-order valence-corrected chi connectivity index (χ0v) is 22.3. The number of nitrogens with one attached hydrogen (secondary N) is 2. The molecule has 1 aliphatic rings. The highest BCUT2D eigenvalue weighted by Gasteiger charge is 2.22. The Morgan fingerprint density at radius 2 is 1.78 bits per heavy atom. The van der Waals surface area contributed by atoms with Crippen LogP contribution in [-0.2, 0) is 6.61 Å². The molecule has 0 saturated carbocycles. The van der Waals surface area contributed by atoms with Gasteiger partial charge >= 0.3 is 0 Å². The Labute approximate surface area is 236 Å². The zero-order chi connectivity index (χ0) is 28.8. The number of piperidine rings is 1. The molecule has 3 heterocycles. The number of nitrogens with zero attached hydrogens (tertiary/aromatic N) is 6. The van der Waals surface area contributed by atoms with Crippen LogP contribution in [0.15, 0.2) is 61.2 Å². The van der Waals surface area contributed by atoms with Crippen LogP contribution in [0.4, 0.5) is 16.0 Å². The zero-order valence-electron chi connectivity index (χ0n) is 22.3. The molecule has 0 spiro atoms. The lowest BCUT2D eigenvalue weighted by Gasteiger charge is -2.29. The molecule has 11 nitrogen and oxygen atoms in total. The second kappa shape index (κ2) is 12.3. The van der Waals surface area contributed by atoms with E-state index in [1.165, 1.54) is 18.5 Å². The molecule has 0 aliphatic carbocycles. The van der Waals surface area contributed by atoms with Crippen LogP contribution in [0, 0.1) is 29.6 Å². The van der Waals surface area contributed by atoms with Crippen molar-refractivity contribution in [2.45, 2.75) is 32.4 Å². The third-order valence-electron chi connectivity index (χ3n) is 6.57. The largest absolute Gasteiger partial charge is 0.489 e. The van der Waals surface area contributed by atoms with Crippen LogP contribution < -0.4 is 20.5 Å². The fourth-order valence-corrected chi connectivity index (χ4v) is 4.38. The number of aryl methyl sites for hydroxylation is 1. The van der Waals surface area contributed by atoms with E-state index >= 15 is 0 Å². The molecule has 0 amide bonds. The normalized spacial score (nSPS) is 13.3. The highest BCUT2D eigenvalue weighted by Crippen LogP contribution is 2.29. The Morgan fingerprint density at radius 1 is 1.07 bits per heavy atom. The first-order chi connectivity index (χ1) is 19.9. The van der Waals surface area contributed by atoms with Crippen LogP contribution in [0.25, 0.3) is 0 Å². The van der Waals surface area contributed by atoms with Gasteiger partial charge in [0.15, 0.2) is 6.19 Å². The van der Waals surface area contributed by atoms with E-state index in [1.54, 1.807) is 54.5 Å². The Balaban J connectivity index is 1.26. The molecule has 0 unspecified atom stereocenters. The van der Waals surface area contributed by atoms with Gasteiger partial charge < -0.3 is 25.4 Å². The molecular weight excluding hydrogens is 525 g/mol. The average Bonchev–Trinajstić information content (AvgIpc) is 2.97. The summed E-state index contributed by atoms with van der Waals surface area (Å²) in [4.78, 5) is 18.4. The average molecular weight is 554 g/mol. The molecule has 0 atom stereocenters.